The summed E-state index contributed by atoms with van der Waals surface area (Å²) in [7, 11) is 0. The van der Waals surface area contributed by atoms with E-state index in [1.807, 2.05) is 12.1 Å². The van der Waals surface area contributed by atoms with Crippen molar-refractivity contribution < 1.29 is 9.21 Å². The maximum Gasteiger partial charge on any atom is 0.237 e. The predicted octanol–water partition coefficient (Wildman–Crippen LogP) is 3.68. The van der Waals surface area contributed by atoms with Crippen molar-refractivity contribution in [1.82, 2.24) is 10.2 Å². The summed E-state index contributed by atoms with van der Waals surface area (Å²) >= 11 is 0. The van der Waals surface area contributed by atoms with Gasteiger partial charge in [0.2, 0.25) is 5.91 Å². The standard InChI is InChI=1S/C20H26N2O2/c1-15(2)17-9-7-16(8-10-17)14-22-11-3-6-19(22)20(23)21-13-18-5-4-12-24-18/h4-5,7-10,12,15,19H,3,6,11,13-14H2,1-2H3,(H,21,23). The number of rotatable bonds is 6. The zero-order chi connectivity index (χ0) is 16.9. The molecule has 1 unspecified atom stereocenters. The Labute approximate surface area is 143 Å². The minimum absolute atomic E-state index is 0.0373. The van der Waals surface area contributed by atoms with Crippen molar-refractivity contribution in [2.75, 3.05) is 6.54 Å². The van der Waals surface area contributed by atoms with Crippen molar-refractivity contribution in [2.24, 2.45) is 0 Å². The third kappa shape index (κ3) is 4.06. The zero-order valence-corrected chi connectivity index (χ0v) is 14.5. The van der Waals surface area contributed by atoms with E-state index in [2.05, 4.69) is 48.3 Å². The van der Waals surface area contributed by atoms with E-state index in [-0.39, 0.29) is 11.9 Å². The highest BCUT2D eigenvalue weighted by Crippen LogP contribution is 2.22. The molecule has 1 fully saturated rings. The van der Waals surface area contributed by atoms with Gasteiger partial charge >= 0.3 is 0 Å². The first-order chi connectivity index (χ1) is 11.6. The molecule has 24 heavy (non-hydrogen) atoms. The molecule has 2 aromatic rings. The van der Waals surface area contributed by atoms with E-state index in [1.165, 1.54) is 11.1 Å². The lowest BCUT2D eigenvalue weighted by Gasteiger charge is -2.23. The van der Waals surface area contributed by atoms with Crippen LogP contribution in [0.2, 0.25) is 0 Å². The van der Waals surface area contributed by atoms with E-state index in [0.717, 1.165) is 31.7 Å². The van der Waals surface area contributed by atoms with E-state index in [1.54, 1.807) is 6.26 Å². The Kier molecular flexibility index (Phi) is 5.36. The summed E-state index contributed by atoms with van der Waals surface area (Å²) < 4.78 is 5.27. The van der Waals surface area contributed by atoms with Crippen molar-refractivity contribution in [1.29, 1.82) is 0 Å². The molecule has 0 saturated carbocycles. The topological polar surface area (TPSA) is 45.5 Å². The van der Waals surface area contributed by atoms with E-state index < -0.39 is 0 Å². The minimum Gasteiger partial charge on any atom is -0.467 e. The maximum absolute atomic E-state index is 12.5. The molecule has 1 aromatic heterocycles. The predicted molar refractivity (Wildman–Crippen MR) is 94.5 cm³/mol. The van der Waals surface area contributed by atoms with E-state index in [0.29, 0.717) is 12.5 Å². The number of furan rings is 1. The molecule has 0 radical (unpaired) electrons. The zero-order valence-electron chi connectivity index (χ0n) is 14.5. The van der Waals surface area contributed by atoms with Gasteiger partial charge in [-0.05, 0) is 48.6 Å². The third-order valence-electron chi connectivity index (χ3n) is 4.72. The average molecular weight is 326 g/mol. The number of amides is 1. The number of nitrogens with one attached hydrogen (secondary N) is 1. The van der Waals surface area contributed by atoms with Crippen LogP contribution in [0, 0.1) is 0 Å². The fourth-order valence-corrected chi connectivity index (χ4v) is 3.26. The lowest BCUT2D eigenvalue weighted by atomic mass is 10.0. The summed E-state index contributed by atoms with van der Waals surface area (Å²) in [6, 6.07) is 12.4. The molecular formula is C20H26N2O2. The van der Waals surface area contributed by atoms with Crippen molar-refractivity contribution in [3.8, 4) is 0 Å². The maximum atomic E-state index is 12.5. The molecule has 1 amide bonds. The van der Waals surface area contributed by atoms with Crippen molar-refractivity contribution in [3.05, 3.63) is 59.5 Å². The molecule has 0 bridgehead atoms. The van der Waals surface area contributed by atoms with Crippen LogP contribution in [0.5, 0.6) is 0 Å². The van der Waals surface area contributed by atoms with Crippen LogP contribution in [0.15, 0.2) is 47.1 Å². The van der Waals surface area contributed by atoms with Crippen LogP contribution in [-0.2, 0) is 17.9 Å². The van der Waals surface area contributed by atoms with Gasteiger partial charge in [0.15, 0.2) is 0 Å². The van der Waals surface area contributed by atoms with Crippen molar-refractivity contribution >= 4 is 5.91 Å². The highest BCUT2D eigenvalue weighted by Gasteiger charge is 2.30. The van der Waals surface area contributed by atoms with Gasteiger partial charge in [-0.25, -0.2) is 0 Å². The highest BCUT2D eigenvalue weighted by atomic mass is 16.3. The van der Waals surface area contributed by atoms with E-state index in [4.69, 9.17) is 4.42 Å². The molecule has 1 saturated heterocycles. The Morgan fingerprint density at radius 1 is 1.29 bits per heavy atom. The first-order valence-corrected chi connectivity index (χ1v) is 8.76. The van der Waals surface area contributed by atoms with E-state index in [9.17, 15) is 4.79 Å². The number of nitrogens with zero attached hydrogens (tertiary/aromatic N) is 1. The molecule has 3 rings (SSSR count). The van der Waals surface area contributed by atoms with Gasteiger partial charge in [-0.1, -0.05) is 38.1 Å². The highest BCUT2D eigenvalue weighted by molar-refractivity contribution is 5.81. The number of benzene rings is 1. The van der Waals surface area contributed by atoms with Crippen LogP contribution in [0.4, 0.5) is 0 Å². The van der Waals surface area contributed by atoms with Crippen LogP contribution in [-0.4, -0.2) is 23.4 Å². The van der Waals surface area contributed by atoms with Crippen molar-refractivity contribution in [2.45, 2.75) is 51.7 Å². The van der Waals surface area contributed by atoms with Crippen molar-refractivity contribution in [3.63, 3.8) is 0 Å². The lowest BCUT2D eigenvalue weighted by Crippen LogP contribution is -2.42. The second-order valence-electron chi connectivity index (χ2n) is 6.82. The number of hydrogen-bond donors (Lipinski definition) is 1. The van der Waals surface area contributed by atoms with Crippen LogP contribution in [0.25, 0.3) is 0 Å². The minimum atomic E-state index is -0.0373. The molecule has 2 heterocycles. The van der Waals surface area contributed by atoms with Gasteiger partial charge in [0, 0.05) is 6.54 Å². The number of carbonyl (C=O) groups is 1. The number of hydrogen-bond acceptors (Lipinski definition) is 3. The number of likely N-dealkylation sites (tertiary alicyclic amines) is 1. The monoisotopic (exact) mass is 326 g/mol. The first-order valence-electron chi connectivity index (χ1n) is 8.76. The molecule has 0 aliphatic carbocycles. The fraction of sp³-hybridized carbons (Fsp3) is 0.450. The molecule has 1 aliphatic rings. The summed E-state index contributed by atoms with van der Waals surface area (Å²) in [5.74, 6) is 1.44. The quantitative estimate of drug-likeness (QED) is 0.881. The lowest BCUT2D eigenvalue weighted by molar-refractivity contribution is -0.125. The molecule has 1 N–H and O–H groups in total. The van der Waals surface area contributed by atoms with Gasteiger partial charge in [-0.2, -0.15) is 0 Å². The molecule has 4 nitrogen and oxygen atoms in total. The van der Waals surface area contributed by atoms with Crippen LogP contribution in [0.1, 0.15) is 49.5 Å². The van der Waals surface area contributed by atoms with Gasteiger partial charge < -0.3 is 9.73 Å². The first kappa shape index (κ1) is 16.8. The Morgan fingerprint density at radius 3 is 2.75 bits per heavy atom. The summed E-state index contributed by atoms with van der Waals surface area (Å²) in [6.45, 7) is 6.67. The largest absolute Gasteiger partial charge is 0.467 e. The Bertz CT molecular complexity index is 647. The van der Waals surface area contributed by atoms with Gasteiger partial charge in [0.05, 0.1) is 18.8 Å². The van der Waals surface area contributed by atoms with Gasteiger partial charge in [0.1, 0.15) is 5.76 Å². The Hall–Kier alpha value is -2.07. The fourth-order valence-electron chi connectivity index (χ4n) is 3.26. The Morgan fingerprint density at radius 2 is 2.08 bits per heavy atom. The van der Waals surface area contributed by atoms with Crippen LogP contribution >= 0.6 is 0 Å². The Balaban J connectivity index is 1.57. The van der Waals surface area contributed by atoms with Gasteiger partial charge in [-0.15, -0.1) is 0 Å². The van der Waals surface area contributed by atoms with Crippen LogP contribution in [0.3, 0.4) is 0 Å². The summed E-state index contributed by atoms with van der Waals surface area (Å²) in [4.78, 5) is 14.8. The average Bonchev–Trinajstić information content (AvgIpc) is 3.25. The summed E-state index contributed by atoms with van der Waals surface area (Å²) in [5, 5.41) is 2.99. The molecular weight excluding hydrogens is 300 g/mol. The normalized spacial score (nSPS) is 18.2. The molecule has 1 atom stereocenters. The van der Waals surface area contributed by atoms with Gasteiger partial charge in [-0.3, -0.25) is 9.69 Å². The molecule has 128 valence electrons. The number of carbonyl (C=O) groups excluding carboxylic acids is 1. The third-order valence-corrected chi connectivity index (χ3v) is 4.72. The second-order valence-corrected chi connectivity index (χ2v) is 6.82. The summed E-state index contributed by atoms with van der Waals surface area (Å²) in [6.07, 6.45) is 3.63. The van der Waals surface area contributed by atoms with E-state index >= 15 is 0 Å². The molecule has 4 heteroatoms. The summed E-state index contributed by atoms with van der Waals surface area (Å²) in [5.41, 5.74) is 2.62. The smallest absolute Gasteiger partial charge is 0.237 e. The van der Waals surface area contributed by atoms with Gasteiger partial charge in [0.25, 0.3) is 0 Å². The molecule has 1 aliphatic heterocycles. The second kappa shape index (κ2) is 7.67. The molecule has 1 aromatic carbocycles. The SMILES string of the molecule is CC(C)c1ccc(CN2CCCC2C(=O)NCc2ccco2)cc1. The molecule has 0 spiro atoms. The van der Waals surface area contributed by atoms with Crippen LogP contribution < -0.4 is 5.32 Å².